The summed E-state index contributed by atoms with van der Waals surface area (Å²) in [6.07, 6.45) is 2.34. The molecule has 1 saturated heterocycles. The van der Waals surface area contributed by atoms with Gasteiger partial charge in [0.05, 0.1) is 15.8 Å². The summed E-state index contributed by atoms with van der Waals surface area (Å²) in [6, 6.07) is 14.8. The van der Waals surface area contributed by atoms with Crippen LogP contribution in [0.15, 0.2) is 48.5 Å². The molecule has 0 saturated carbocycles. The van der Waals surface area contributed by atoms with Crippen LogP contribution in [0.25, 0.3) is 0 Å². The minimum atomic E-state index is -3.30. The van der Waals surface area contributed by atoms with E-state index >= 15 is 0 Å². The van der Waals surface area contributed by atoms with E-state index in [0.29, 0.717) is 48.1 Å². The topological polar surface area (TPSA) is 66.5 Å². The average Bonchev–Trinajstić information content (AvgIpc) is 2.71. The number of benzene rings is 2. The normalized spacial score (nSPS) is 15.9. The Morgan fingerprint density at radius 2 is 1.72 bits per heavy atom. The summed E-state index contributed by atoms with van der Waals surface area (Å²) in [5.74, 6) is -0.216. The Morgan fingerprint density at radius 3 is 2.38 bits per heavy atom. The van der Waals surface area contributed by atoms with Crippen molar-refractivity contribution in [1.29, 1.82) is 0 Å². The van der Waals surface area contributed by atoms with Crippen molar-refractivity contribution < 1.29 is 13.2 Å². The van der Waals surface area contributed by atoms with Gasteiger partial charge in [0.15, 0.2) is 0 Å². The van der Waals surface area contributed by atoms with Crippen LogP contribution in [0.2, 0.25) is 10.0 Å². The summed E-state index contributed by atoms with van der Waals surface area (Å²) >= 11 is 11.9. The van der Waals surface area contributed by atoms with Crippen LogP contribution in [0, 0.1) is 5.92 Å². The van der Waals surface area contributed by atoms with E-state index in [4.69, 9.17) is 23.2 Å². The van der Waals surface area contributed by atoms with Gasteiger partial charge in [-0.3, -0.25) is 4.79 Å². The molecule has 8 heteroatoms. The number of amides is 1. The summed E-state index contributed by atoms with van der Waals surface area (Å²) in [5.41, 5.74) is 1.72. The number of nitrogens with one attached hydrogen (secondary N) is 1. The predicted octanol–water partition coefficient (Wildman–Crippen LogP) is 4.61. The van der Waals surface area contributed by atoms with E-state index in [1.807, 2.05) is 30.3 Å². The molecule has 1 aliphatic rings. The number of carbonyl (C=O) groups is 1. The van der Waals surface area contributed by atoms with Gasteiger partial charge in [0.25, 0.3) is 0 Å². The number of rotatable bonds is 7. The molecule has 2 aromatic rings. The number of nitrogens with zero attached hydrogens (tertiary/aromatic N) is 1. The van der Waals surface area contributed by atoms with Crippen LogP contribution < -0.4 is 5.32 Å². The quantitative estimate of drug-likeness (QED) is 0.663. The number of aryl methyl sites for hydroxylation is 1. The third kappa shape index (κ3) is 6.19. The molecule has 1 amide bonds. The Bertz CT molecular complexity index is 944. The van der Waals surface area contributed by atoms with Crippen LogP contribution >= 0.6 is 23.2 Å². The Labute approximate surface area is 182 Å². The van der Waals surface area contributed by atoms with Crippen molar-refractivity contribution in [3.8, 4) is 0 Å². The molecule has 3 rings (SSSR count). The van der Waals surface area contributed by atoms with Gasteiger partial charge < -0.3 is 5.32 Å². The highest BCUT2D eigenvalue weighted by molar-refractivity contribution is 7.89. The van der Waals surface area contributed by atoms with Crippen molar-refractivity contribution in [2.75, 3.05) is 24.2 Å². The van der Waals surface area contributed by atoms with E-state index in [2.05, 4.69) is 5.32 Å². The number of hydrogen-bond acceptors (Lipinski definition) is 3. The lowest BCUT2D eigenvalue weighted by Crippen LogP contribution is -2.42. The lowest BCUT2D eigenvalue weighted by molar-refractivity contribution is -0.120. The molecule has 0 atom stereocenters. The molecule has 0 unspecified atom stereocenters. The molecule has 0 aliphatic carbocycles. The van der Waals surface area contributed by atoms with Crippen molar-refractivity contribution in [1.82, 2.24) is 4.31 Å². The lowest BCUT2D eigenvalue weighted by atomic mass is 9.97. The Morgan fingerprint density at radius 1 is 1.03 bits per heavy atom. The van der Waals surface area contributed by atoms with Gasteiger partial charge in [0.2, 0.25) is 15.9 Å². The van der Waals surface area contributed by atoms with Gasteiger partial charge in [-0.05, 0) is 49.4 Å². The molecular formula is C21H24Cl2N2O3S. The van der Waals surface area contributed by atoms with E-state index < -0.39 is 10.0 Å². The third-order valence-electron chi connectivity index (χ3n) is 5.12. The molecule has 1 heterocycles. The maximum atomic E-state index is 12.6. The summed E-state index contributed by atoms with van der Waals surface area (Å²) in [5, 5.41) is 3.64. The number of piperidine rings is 1. The van der Waals surface area contributed by atoms with Gasteiger partial charge in [-0.15, -0.1) is 0 Å². The molecule has 29 heavy (non-hydrogen) atoms. The number of hydrogen-bond donors (Lipinski definition) is 1. The fourth-order valence-corrected chi connectivity index (χ4v) is 5.28. The summed E-state index contributed by atoms with van der Waals surface area (Å²) in [7, 11) is -3.30. The van der Waals surface area contributed by atoms with Crippen molar-refractivity contribution >= 4 is 44.8 Å². The van der Waals surface area contributed by atoms with Crippen molar-refractivity contribution in [2.24, 2.45) is 5.92 Å². The Balaban J connectivity index is 1.47. The maximum absolute atomic E-state index is 12.6. The molecule has 2 aromatic carbocycles. The van der Waals surface area contributed by atoms with Crippen molar-refractivity contribution in [3.05, 3.63) is 64.1 Å². The lowest BCUT2D eigenvalue weighted by Gasteiger charge is -2.30. The highest BCUT2D eigenvalue weighted by atomic mass is 35.5. The maximum Gasteiger partial charge on any atom is 0.227 e. The Kier molecular flexibility index (Phi) is 7.57. The predicted molar refractivity (Wildman–Crippen MR) is 118 cm³/mol. The van der Waals surface area contributed by atoms with Gasteiger partial charge in [0, 0.05) is 24.7 Å². The van der Waals surface area contributed by atoms with E-state index in [1.165, 1.54) is 4.31 Å². The zero-order valence-corrected chi connectivity index (χ0v) is 18.3. The first-order valence-electron chi connectivity index (χ1n) is 9.63. The molecule has 0 radical (unpaired) electrons. The van der Waals surface area contributed by atoms with Crippen molar-refractivity contribution in [3.63, 3.8) is 0 Å². The average molecular weight is 455 g/mol. The SMILES string of the molecule is O=C(Nc1ccc(Cl)c(Cl)c1)C1CCN(S(=O)(=O)CCCc2ccccc2)CC1. The van der Waals surface area contributed by atoms with Gasteiger partial charge in [0.1, 0.15) is 0 Å². The number of carbonyl (C=O) groups excluding carboxylic acids is 1. The summed E-state index contributed by atoms with van der Waals surface area (Å²) in [6.45, 7) is 0.736. The first-order chi connectivity index (χ1) is 13.8. The largest absolute Gasteiger partial charge is 0.326 e. The second-order valence-electron chi connectivity index (χ2n) is 7.20. The number of anilines is 1. The zero-order valence-electron chi connectivity index (χ0n) is 16.0. The van der Waals surface area contributed by atoms with E-state index in [1.54, 1.807) is 18.2 Å². The molecule has 0 spiro atoms. The van der Waals surface area contributed by atoms with Gasteiger partial charge in [-0.25, -0.2) is 12.7 Å². The molecule has 1 fully saturated rings. The standard InChI is InChI=1S/C21H24Cl2N2O3S/c22-19-9-8-18(15-20(19)23)24-21(26)17-10-12-25(13-11-17)29(27,28)14-4-7-16-5-2-1-3-6-16/h1-3,5-6,8-9,15,17H,4,7,10-14H2,(H,24,26). The van der Waals surface area contributed by atoms with Crippen LogP contribution in [0.5, 0.6) is 0 Å². The van der Waals surface area contributed by atoms with Gasteiger partial charge >= 0.3 is 0 Å². The highest BCUT2D eigenvalue weighted by Gasteiger charge is 2.30. The first-order valence-corrected chi connectivity index (χ1v) is 12.0. The minimum absolute atomic E-state index is 0.121. The van der Waals surface area contributed by atoms with Crippen molar-refractivity contribution in [2.45, 2.75) is 25.7 Å². The van der Waals surface area contributed by atoms with Gasteiger partial charge in [-0.1, -0.05) is 53.5 Å². The molecule has 1 aliphatic heterocycles. The molecular weight excluding hydrogens is 431 g/mol. The summed E-state index contributed by atoms with van der Waals surface area (Å²) < 4.78 is 26.7. The molecule has 0 bridgehead atoms. The number of sulfonamides is 1. The Hall–Kier alpha value is -1.60. The molecule has 5 nitrogen and oxygen atoms in total. The van der Waals surface area contributed by atoms with E-state index in [-0.39, 0.29) is 17.6 Å². The second kappa shape index (κ2) is 9.94. The fraction of sp³-hybridized carbons (Fsp3) is 0.381. The van der Waals surface area contributed by atoms with Gasteiger partial charge in [-0.2, -0.15) is 0 Å². The van der Waals surface area contributed by atoms with Crippen LogP contribution in [0.1, 0.15) is 24.8 Å². The molecule has 0 aromatic heterocycles. The third-order valence-corrected chi connectivity index (χ3v) is 7.81. The fourth-order valence-electron chi connectivity index (χ4n) is 3.45. The smallest absolute Gasteiger partial charge is 0.227 e. The van der Waals surface area contributed by atoms with Crippen LogP contribution in [-0.2, 0) is 21.2 Å². The second-order valence-corrected chi connectivity index (χ2v) is 10.1. The highest BCUT2D eigenvalue weighted by Crippen LogP contribution is 2.27. The van der Waals surface area contributed by atoms with Crippen LogP contribution in [0.4, 0.5) is 5.69 Å². The van der Waals surface area contributed by atoms with Crippen LogP contribution in [-0.4, -0.2) is 37.5 Å². The minimum Gasteiger partial charge on any atom is -0.326 e. The molecule has 156 valence electrons. The zero-order chi connectivity index (χ0) is 20.9. The number of halogens is 2. The summed E-state index contributed by atoms with van der Waals surface area (Å²) in [4.78, 5) is 12.5. The van der Waals surface area contributed by atoms with Crippen LogP contribution in [0.3, 0.4) is 0 Å². The van der Waals surface area contributed by atoms with E-state index in [9.17, 15) is 13.2 Å². The molecule has 1 N–H and O–H groups in total. The first kappa shape index (κ1) is 22.1. The van der Waals surface area contributed by atoms with E-state index in [0.717, 1.165) is 12.0 Å². The monoisotopic (exact) mass is 454 g/mol.